The summed E-state index contributed by atoms with van der Waals surface area (Å²) in [5.41, 5.74) is 5.06. The van der Waals surface area contributed by atoms with E-state index in [0.717, 1.165) is 0 Å². The predicted molar refractivity (Wildman–Crippen MR) is 143 cm³/mol. The summed E-state index contributed by atoms with van der Waals surface area (Å²) >= 11 is 0. The molecule has 0 spiro atoms. The van der Waals surface area contributed by atoms with Gasteiger partial charge in [-0.25, -0.2) is 23.4 Å². The Morgan fingerprint density at radius 1 is 1.17 bits per heavy atom. The summed E-state index contributed by atoms with van der Waals surface area (Å²) in [6.45, 7) is 5.45. The van der Waals surface area contributed by atoms with Gasteiger partial charge in [-0.3, -0.25) is 4.52 Å². The molecule has 3 aromatic rings. The van der Waals surface area contributed by atoms with Gasteiger partial charge in [-0.05, 0) is 52.0 Å². The van der Waals surface area contributed by atoms with Crippen molar-refractivity contribution < 1.29 is 46.6 Å². The number of para-hydroxylation sites is 1. The molecule has 1 aromatic carbocycles. The third-order valence-electron chi connectivity index (χ3n) is 6.34. The molecular formula is C26H30N5O10P. The van der Waals surface area contributed by atoms with Crippen LogP contribution in [-0.4, -0.2) is 64.4 Å². The molecule has 4 heterocycles. The van der Waals surface area contributed by atoms with Gasteiger partial charge in [0.2, 0.25) is 12.4 Å². The standard InChI is InChI=1S/C26H30N5O10P/c1-16(2)37-24(32)34-15-36-42(33,41-17-8-6-5-7-9-17)35-12-19-21-22(40-25(3,4)39-21)26(13-27,38-19)20-11-10-18-23(28)29-14-30-31(18)20/h5-11,14,16,19,21-22H,12,15H2,1-4H3,(H2,28,29,30)/t19-,21-,22-,26+,42?/m1/s1. The first-order chi connectivity index (χ1) is 20.0. The first-order valence-corrected chi connectivity index (χ1v) is 14.4. The van der Waals surface area contributed by atoms with Gasteiger partial charge in [0.1, 0.15) is 42.0 Å². The molecule has 42 heavy (non-hydrogen) atoms. The van der Waals surface area contributed by atoms with E-state index >= 15 is 0 Å². The lowest BCUT2D eigenvalue weighted by atomic mass is 9.92. The monoisotopic (exact) mass is 603 g/mol. The molecule has 224 valence electrons. The number of aromatic nitrogens is 3. The van der Waals surface area contributed by atoms with Crippen LogP contribution in [0.4, 0.5) is 10.6 Å². The van der Waals surface area contributed by atoms with Crippen molar-refractivity contribution in [1.29, 1.82) is 5.26 Å². The number of phosphoric acid groups is 1. The SMILES string of the molecule is CC(C)OC(=O)OCOP(=O)(OC[C@H]1O[C@@](C#N)(c2ccc3c(N)ncnn23)[C@@H]2OC(C)(C)O[C@@H]21)Oc1ccccc1. The van der Waals surface area contributed by atoms with Crippen LogP contribution in [0.1, 0.15) is 33.4 Å². The quantitative estimate of drug-likeness (QED) is 0.201. The first-order valence-electron chi connectivity index (χ1n) is 13.0. The number of hydrogen-bond acceptors (Lipinski definition) is 14. The molecule has 2 saturated heterocycles. The summed E-state index contributed by atoms with van der Waals surface area (Å²) in [5.74, 6) is -0.717. The predicted octanol–water partition coefficient (Wildman–Crippen LogP) is 3.69. The van der Waals surface area contributed by atoms with Gasteiger partial charge in [-0.2, -0.15) is 10.4 Å². The lowest BCUT2D eigenvalue weighted by Gasteiger charge is -2.29. The van der Waals surface area contributed by atoms with Gasteiger partial charge in [-0.1, -0.05) is 18.2 Å². The normalized spacial score (nSPS) is 26.0. The van der Waals surface area contributed by atoms with E-state index in [1.165, 1.54) is 23.0 Å². The molecule has 2 fully saturated rings. The summed E-state index contributed by atoms with van der Waals surface area (Å²) < 4.78 is 59.9. The van der Waals surface area contributed by atoms with Gasteiger partial charge in [0.05, 0.1) is 18.4 Å². The van der Waals surface area contributed by atoms with Crippen molar-refractivity contribution in [2.24, 2.45) is 0 Å². The summed E-state index contributed by atoms with van der Waals surface area (Å²) in [5, 5.41) is 14.7. The number of nitrogen functional groups attached to an aromatic ring is 1. The molecule has 2 aromatic heterocycles. The van der Waals surface area contributed by atoms with Crippen LogP contribution in [0.15, 0.2) is 48.8 Å². The zero-order valence-corrected chi connectivity index (χ0v) is 24.1. The number of carbonyl (C=O) groups is 1. The Balaban J connectivity index is 1.40. The van der Waals surface area contributed by atoms with Crippen LogP contribution < -0.4 is 10.3 Å². The number of nitrogens with zero attached hydrogens (tertiary/aromatic N) is 4. The topological polar surface area (TPSA) is 188 Å². The number of ether oxygens (including phenoxy) is 5. The number of nitrogens with two attached hydrogens (primary N) is 1. The summed E-state index contributed by atoms with van der Waals surface area (Å²) in [4.78, 5) is 15.8. The first kappa shape index (κ1) is 29.7. The fourth-order valence-electron chi connectivity index (χ4n) is 4.70. The minimum absolute atomic E-state index is 0.167. The number of rotatable bonds is 10. The molecule has 2 N–H and O–H groups in total. The van der Waals surface area contributed by atoms with E-state index in [0.29, 0.717) is 11.2 Å². The molecule has 2 aliphatic heterocycles. The van der Waals surface area contributed by atoms with Crippen molar-refractivity contribution in [3.63, 3.8) is 0 Å². The van der Waals surface area contributed by atoms with Crippen LogP contribution in [-0.2, 0) is 42.9 Å². The Labute approximate surface area is 240 Å². The minimum Gasteiger partial charge on any atom is -0.432 e. The van der Waals surface area contributed by atoms with Gasteiger partial charge in [0.25, 0.3) is 0 Å². The number of fused-ring (bicyclic) bond motifs is 2. The Kier molecular flexibility index (Phi) is 8.13. The number of hydrogen-bond donors (Lipinski definition) is 1. The summed E-state index contributed by atoms with van der Waals surface area (Å²) in [6.07, 6.45) is -2.99. The molecule has 0 radical (unpaired) electrons. The second-order valence-electron chi connectivity index (χ2n) is 10.1. The number of anilines is 1. The maximum Gasteiger partial charge on any atom is 0.533 e. The molecule has 0 bridgehead atoms. The summed E-state index contributed by atoms with van der Waals surface area (Å²) in [7, 11) is -4.44. The van der Waals surface area contributed by atoms with Gasteiger partial charge in [-0.15, -0.1) is 0 Å². The highest BCUT2D eigenvalue weighted by molar-refractivity contribution is 7.48. The van der Waals surface area contributed by atoms with Gasteiger partial charge >= 0.3 is 14.0 Å². The fraction of sp³-hybridized carbons (Fsp3) is 0.462. The van der Waals surface area contributed by atoms with Crippen molar-refractivity contribution >= 4 is 25.3 Å². The minimum atomic E-state index is -4.44. The van der Waals surface area contributed by atoms with E-state index in [2.05, 4.69) is 16.2 Å². The molecule has 0 saturated carbocycles. The van der Waals surface area contributed by atoms with Crippen molar-refractivity contribution in [3.05, 3.63) is 54.5 Å². The molecular weight excluding hydrogens is 573 g/mol. The van der Waals surface area contributed by atoms with Crippen LogP contribution >= 0.6 is 7.82 Å². The molecule has 5 rings (SSSR count). The zero-order chi connectivity index (χ0) is 30.1. The van der Waals surface area contributed by atoms with Crippen molar-refractivity contribution in [2.45, 2.75) is 63.5 Å². The van der Waals surface area contributed by atoms with Gasteiger partial charge in [0, 0.05) is 0 Å². The van der Waals surface area contributed by atoms with E-state index < -0.39 is 63.2 Å². The molecule has 5 atom stereocenters. The highest BCUT2D eigenvalue weighted by Gasteiger charge is 2.65. The molecule has 15 nitrogen and oxygen atoms in total. The summed E-state index contributed by atoms with van der Waals surface area (Å²) in [6, 6.07) is 13.7. The van der Waals surface area contributed by atoms with Gasteiger partial charge < -0.3 is 33.9 Å². The van der Waals surface area contributed by atoms with Crippen LogP contribution in [0.3, 0.4) is 0 Å². The number of nitriles is 1. The molecule has 0 aliphatic carbocycles. The second-order valence-corrected chi connectivity index (χ2v) is 11.7. The van der Waals surface area contributed by atoms with Crippen LogP contribution in [0.5, 0.6) is 5.75 Å². The van der Waals surface area contributed by atoms with Gasteiger partial charge in [0.15, 0.2) is 11.6 Å². The average Bonchev–Trinajstić information content (AvgIpc) is 3.59. The third kappa shape index (κ3) is 5.91. The Morgan fingerprint density at radius 2 is 1.93 bits per heavy atom. The van der Waals surface area contributed by atoms with Crippen LogP contribution in [0.25, 0.3) is 5.52 Å². The number of carbonyl (C=O) groups excluding carboxylic acids is 1. The smallest absolute Gasteiger partial charge is 0.432 e. The lowest BCUT2D eigenvalue weighted by Crippen LogP contribution is -2.40. The van der Waals surface area contributed by atoms with E-state index in [1.54, 1.807) is 58.0 Å². The van der Waals surface area contributed by atoms with Crippen molar-refractivity contribution in [2.75, 3.05) is 19.1 Å². The Morgan fingerprint density at radius 3 is 2.64 bits per heavy atom. The molecule has 1 unspecified atom stereocenters. The third-order valence-corrected chi connectivity index (χ3v) is 7.66. The second kappa shape index (κ2) is 11.5. The number of benzene rings is 1. The largest absolute Gasteiger partial charge is 0.533 e. The number of phosphoric ester groups is 1. The molecule has 16 heteroatoms. The van der Waals surface area contributed by atoms with Crippen LogP contribution in [0.2, 0.25) is 0 Å². The molecule has 0 amide bonds. The van der Waals surface area contributed by atoms with E-state index in [-0.39, 0.29) is 11.6 Å². The fourth-order valence-corrected chi connectivity index (χ4v) is 5.77. The van der Waals surface area contributed by atoms with E-state index in [1.807, 2.05) is 0 Å². The van der Waals surface area contributed by atoms with E-state index in [4.69, 9.17) is 43.0 Å². The molecule has 2 aliphatic rings. The van der Waals surface area contributed by atoms with Crippen molar-refractivity contribution in [3.8, 4) is 11.8 Å². The van der Waals surface area contributed by atoms with E-state index in [9.17, 15) is 14.6 Å². The maximum absolute atomic E-state index is 13.7. The zero-order valence-electron chi connectivity index (χ0n) is 23.2. The highest BCUT2D eigenvalue weighted by atomic mass is 31.2. The maximum atomic E-state index is 13.7. The van der Waals surface area contributed by atoms with Crippen molar-refractivity contribution in [1.82, 2.24) is 14.6 Å². The highest BCUT2D eigenvalue weighted by Crippen LogP contribution is 2.53. The Hall–Kier alpha value is -3.77. The average molecular weight is 604 g/mol. The Bertz CT molecular complexity index is 1530. The lowest BCUT2D eigenvalue weighted by molar-refractivity contribution is -0.204. The van der Waals surface area contributed by atoms with Crippen LogP contribution in [0, 0.1) is 11.3 Å².